The van der Waals surface area contributed by atoms with Gasteiger partial charge in [0.1, 0.15) is 11.5 Å². The number of para-hydroxylation sites is 1. The van der Waals surface area contributed by atoms with Crippen LogP contribution in [0.5, 0.6) is 11.5 Å². The molecular weight excluding hydrogens is 534 g/mol. The number of hydrogen-bond acceptors (Lipinski definition) is 2. The third kappa shape index (κ3) is 3.58. The molecule has 1 spiro atoms. The minimum Gasteiger partial charge on any atom is -0.457 e. The smallest absolute Gasteiger partial charge is 0.132 e. The van der Waals surface area contributed by atoms with E-state index in [1.54, 1.807) is 0 Å². The van der Waals surface area contributed by atoms with Crippen LogP contribution in [-0.4, -0.2) is 4.98 Å². The zero-order chi connectivity index (χ0) is 29.1. The molecule has 9 rings (SSSR count). The van der Waals surface area contributed by atoms with E-state index < -0.39 is 5.41 Å². The molecule has 1 aliphatic heterocycles. The molecule has 6 aromatic carbocycles. The van der Waals surface area contributed by atoms with Crippen molar-refractivity contribution in [3.8, 4) is 56.3 Å². The average Bonchev–Trinajstić information content (AvgIpc) is 3.40. The van der Waals surface area contributed by atoms with Gasteiger partial charge in [0.25, 0.3) is 0 Å². The maximum atomic E-state index is 6.65. The molecule has 0 amide bonds. The van der Waals surface area contributed by atoms with Gasteiger partial charge in [-0.25, -0.2) is 4.98 Å². The van der Waals surface area contributed by atoms with Gasteiger partial charge in [-0.15, -0.1) is 0 Å². The summed E-state index contributed by atoms with van der Waals surface area (Å²) in [5.41, 5.74) is 13.2. The highest BCUT2D eigenvalue weighted by Crippen LogP contribution is 2.62. The Morgan fingerprint density at radius 2 is 0.886 bits per heavy atom. The number of nitrogens with zero attached hydrogens (tertiary/aromatic N) is 1. The topological polar surface area (TPSA) is 22.1 Å². The van der Waals surface area contributed by atoms with E-state index in [4.69, 9.17) is 9.72 Å². The third-order valence-electron chi connectivity index (χ3n) is 9.14. The van der Waals surface area contributed by atoms with E-state index in [0.717, 1.165) is 50.7 Å². The van der Waals surface area contributed by atoms with E-state index in [9.17, 15) is 0 Å². The van der Waals surface area contributed by atoms with Crippen molar-refractivity contribution in [3.63, 3.8) is 0 Å². The lowest BCUT2D eigenvalue weighted by Crippen LogP contribution is -2.32. The zero-order valence-electron chi connectivity index (χ0n) is 23.9. The van der Waals surface area contributed by atoms with Crippen LogP contribution in [0.3, 0.4) is 0 Å². The Balaban J connectivity index is 1.32. The maximum Gasteiger partial charge on any atom is 0.132 e. The van der Waals surface area contributed by atoms with Gasteiger partial charge < -0.3 is 4.74 Å². The number of pyridine rings is 1. The average molecular weight is 562 g/mol. The molecule has 44 heavy (non-hydrogen) atoms. The Morgan fingerprint density at radius 3 is 1.57 bits per heavy atom. The fourth-order valence-corrected chi connectivity index (χ4v) is 7.25. The summed E-state index contributed by atoms with van der Waals surface area (Å²) in [7, 11) is 0. The minimum atomic E-state index is -0.507. The van der Waals surface area contributed by atoms with Crippen molar-refractivity contribution in [2.75, 3.05) is 0 Å². The van der Waals surface area contributed by atoms with Gasteiger partial charge >= 0.3 is 0 Å². The molecule has 206 valence electrons. The van der Waals surface area contributed by atoms with E-state index in [2.05, 4.69) is 158 Å². The van der Waals surface area contributed by atoms with E-state index >= 15 is 0 Å². The number of benzene rings is 6. The summed E-state index contributed by atoms with van der Waals surface area (Å²) in [5.74, 6) is 1.77. The lowest BCUT2D eigenvalue weighted by Gasteiger charge is -2.39. The second kappa shape index (κ2) is 9.65. The summed E-state index contributed by atoms with van der Waals surface area (Å²) in [6.07, 6.45) is 0. The monoisotopic (exact) mass is 561 g/mol. The largest absolute Gasteiger partial charge is 0.457 e. The second-order valence-corrected chi connectivity index (χ2v) is 11.5. The molecule has 7 aromatic rings. The molecule has 0 saturated carbocycles. The van der Waals surface area contributed by atoms with Gasteiger partial charge in [0.05, 0.1) is 16.8 Å². The molecule has 0 atom stereocenters. The summed E-state index contributed by atoms with van der Waals surface area (Å²) in [6, 6.07) is 58.2. The Morgan fingerprint density at radius 1 is 0.364 bits per heavy atom. The molecule has 0 saturated heterocycles. The summed E-state index contributed by atoms with van der Waals surface area (Å²) in [5, 5.41) is 0. The number of ether oxygens (including phenoxy) is 1. The lowest BCUT2D eigenvalue weighted by molar-refractivity contribution is 0.436. The first-order valence-corrected chi connectivity index (χ1v) is 15.1. The van der Waals surface area contributed by atoms with E-state index in [1.165, 1.54) is 27.8 Å². The van der Waals surface area contributed by atoms with Crippen LogP contribution in [0, 0.1) is 0 Å². The van der Waals surface area contributed by atoms with Gasteiger partial charge in [-0.1, -0.05) is 127 Å². The standard InChI is InChI=1S/C42H27NO/c1-3-13-28(14-4-1)31-26-38(29-15-5-2-6-16-29)43-39(27-31)30-23-24-41-37(25-30)42(36-21-11-12-22-40(36)44-41)34-19-9-7-17-32(34)33-18-8-10-20-35(33)42/h1-27H. The van der Waals surface area contributed by atoms with Crippen molar-refractivity contribution in [1.82, 2.24) is 4.98 Å². The maximum absolute atomic E-state index is 6.65. The van der Waals surface area contributed by atoms with Crippen LogP contribution < -0.4 is 4.74 Å². The quantitative estimate of drug-likeness (QED) is 0.214. The van der Waals surface area contributed by atoms with Gasteiger partial charge in [0, 0.05) is 22.3 Å². The van der Waals surface area contributed by atoms with Gasteiger partial charge in [-0.2, -0.15) is 0 Å². The molecule has 2 heteroatoms. The van der Waals surface area contributed by atoms with Crippen molar-refractivity contribution in [2.45, 2.75) is 5.41 Å². The van der Waals surface area contributed by atoms with Crippen molar-refractivity contribution in [3.05, 3.63) is 186 Å². The minimum absolute atomic E-state index is 0.507. The number of hydrogen-bond donors (Lipinski definition) is 0. The van der Waals surface area contributed by atoms with E-state index in [-0.39, 0.29) is 0 Å². The Labute approximate surface area is 256 Å². The predicted octanol–water partition coefficient (Wildman–Crippen LogP) is 10.6. The highest BCUT2D eigenvalue weighted by atomic mass is 16.5. The number of aromatic nitrogens is 1. The highest BCUT2D eigenvalue weighted by Gasteiger charge is 2.51. The molecule has 0 unspecified atom stereocenters. The van der Waals surface area contributed by atoms with Crippen molar-refractivity contribution < 1.29 is 4.74 Å². The third-order valence-corrected chi connectivity index (χ3v) is 9.14. The van der Waals surface area contributed by atoms with Gasteiger partial charge in [-0.3, -0.25) is 0 Å². The van der Waals surface area contributed by atoms with Crippen molar-refractivity contribution in [1.29, 1.82) is 0 Å². The summed E-state index contributed by atoms with van der Waals surface area (Å²) in [6.45, 7) is 0. The molecular formula is C42H27NO. The van der Waals surface area contributed by atoms with Crippen molar-refractivity contribution in [2.24, 2.45) is 0 Å². The SMILES string of the molecule is c1ccc(-c2cc(-c3ccccc3)nc(-c3ccc4c(c3)C3(c5ccccc5O4)c4ccccc4-c4ccccc43)c2)cc1. The molecule has 2 heterocycles. The first-order valence-electron chi connectivity index (χ1n) is 15.1. The lowest BCUT2D eigenvalue weighted by atomic mass is 9.66. The fraction of sp³-hybridized carbons (Fsp3) is 0.0238. The molecule has 0 radical (unpaired) electrons. The Hall–Kier alpha value is -5.73. The first-order chi connectivity index (χ1) is 21.8. The molecule has 2 nitrogen and oxygen atoms in total. The Kier molecular flexibility index (Phi) is 5.45. The first kappa shape index (κ1) is 24.8. The van der Waals surface area contributed by atoms with Crippen molar-refractivity contribution >= 4 is 0 Å². The van der Waals surface area contributed by atoms with Crippen LogP contribution in [0.1, 0.15) is 22.3 Å². The van der Waals surface area contributed by atoms with Gasteiger partial charge in [0.2, 0.25) is 0 Å². The summed E-state index contributed by atoms with van der Waals surface area (Å²) < 4.78 is 6.65. The van der Waals surface area contributed by atoms with Crippen LogP contribution in [0.4, 0.5) is 0 Å². The van der Waals surface area contributed by atoms with Crippen LogP contribution in [0.25, 0.3) is 44.8 Å². The van der Waals surface area contributed by atoms with Crippen LogP contribution in [-0.2, 0) is 5.41 Å². The van der Waals surface area contributed by atoms with Crippen LogP contribution >= 0.6 is 0 Å². The Bertz CT molecular complexity index is 2100. The fourth-order valence-electron chi connectivity index (χ4n) is 7.25. The zero-order valence-corrected chi connectivity index (χ0v) is 23.9. The molecule has 0 bridgehead atoms. The van der Waals surface area contributed by atoms with E-state index in [1.807, 2.05) is 6.07 Å². The van der Waals surface area contributed by atoms with E-state index in [0.29, 0.717) is 0 Å². The normalized spacial score (nSPS) is 13.4. The molecule has 0 fully saturated rings. The predicted molar refractivity (Wildman–Crippen MR) is 178 cm³/mol. The molecule has 2 aliphatic rings. The number of rotatable bonds is 3. The summed E-state index contributed by atoms with van der Waals surface area (Å²) >= 11 is 0. The number of fused-ring (bicyclic) bond motifs is 9. The van der Waals surface area contributed by atoms with Gasteiger partial charge in [0.15, 0.2) is 0 Å². The summed E-state index contributed by atoms with van der Waals surface area (Å²) in [4.78, 5) is 5.26. The molecule has 1 aromatic heterocycles. The second-order valence-electron chi connectivity index (χ2n) is 11.5. The van der Waals surface area contributed by atoms with Gasteiger partial charge in [-0.05, 0) is 69.8 Å². The highest BCUT2D eigenvalue weighted by molar-refractivity contribution is 5.89. The molecule has 0 N–H and O–H groups in total. The van der Waals surface area contributed by atoms with Crippen LogP contribution in [0.2, 0.25) is 0 Å². The van der Waals surface area contributed by atoms with Crippen LogP contribution in [0.15, 0.2) is 164 Å². The molecule has 1 aliphatic carbocycles.